The molecule has 4 rings (SSSR count). The number of aryl methyl sites for hydroxylation is 4. The number of halogens is 2. The number of hydrogen-bond donors (Lipinski definition) is 1. The minimum atomic E-state index is -0.185. The predicted molar refractivity (Wildman–Crippen MR) is 131 cm³/mol. The number of carbonyl (C=O) groups excluding carboxylic acids is 1. The Morgan fingerprint density at radius 2 is 1.58 bits per heavy atom. The van der Waals surface area contributed by atoms with Gasteiger partial charge in [0.25, 0.3) is 5.91 Å². The molecule has 0 aliphatic rings. The molecule has 3 nitrogen and oxygen atoms in total. The van der Waals surface area contributed by atoms with Crippen LogP contribution < -0.4 is 5.32 Å². The largest absolute Gasteiger partial charge is 0.322 e. The summed E-state index contributed by atoms with van der Waals surface area (Å²) in [6.07, 6.45) is 0. The molecular formula is C26H22Cl2N2O. The number of pyridine rings is 1. The lowest BCUT2D eigenvalue weighted by Crippen LogP contribution is -2.14. The van der Waals surface area contributed by atoms with Gasteiger partial charge >= 0.3 is 0 Å². The van der Waals surface area contributed by atoms with Crippen LogP contribution in [0.4, 0.5) is 5.69 Å². The highest BCUT2D eigenvalue weighted by Gasteiger charge is 2.18. The third-order valence-electron chi connectivity index (χ3n) is 5.33. The molecule has 0 bridgehead atoms. The summed E-state index contributed by atoms with van der Waals surface area (Å²) < 4.78 is 0. The molecule has 0 saturated carbocycles. The van der Waals surface area contributed by atoms with E-state index in [9.17, 15) is 4.79 Å². The van der Waals surface area contributed by atoms with Gasteiger partial charge in [0.2, 0.25) is 0 Å². The standard InChI is InChI=1S/C26H22Cl2N2O/c1-14-5-8-23(16(3)9-14)30-26(31)21-13-24(19-7-6-18(27)12-22(19)28)29-25-17(4)10-15(2)11-20(21)25/h5-13H,1-4H3,(H,30,31). The third-order valence-corrected chi connectivity index (χ3v) is 5.88. The summed E-state index contributed by atoms with van der Waals surface area (Å²) in [5.41, 5.74) is 7.72. The molecule has 31 heavy (non-hydrogen) atoms. The molecule has 0 aliphatic carbocycles. The first kappa shape index (κ1) is 21.4. The van der Waals surface area contributed by atoms with E-state index in [2.05, 4.69) is 11.4 Å². The van der Waals surface area contributed by atoms with E-state index in [0.717, 1.165) is 44.4 Å². The van der Waals surface area contributed by atoms with Gasteiger partial charge in [-0.1, -0.05) is 52.5 Å². The number of carbonyl (C=O) groups is 1. The topological polar surface area (TPSA) is 42.0 Å². The van der Waals surface area contributed by atoms with Crippen LogP contribution in [0.2, 0.25) is 10.0 Å². The van der Waals surface area contributed by atoms with Crippen molar-refractivity contribution in [2.45, 2.75) is 27.7 Å². The molecule has 1 N–H and O–H groups in total. The highest BCUT2D eigenvalue weighted by molar-refractivity contribution is 6.36. The fourth-order valence-corrected chi connectivity index (χ4v) is 4.35. The molecule has 156 valence electrons. The Kier molecular flexibility index (Phi) is 5.74. The molecular weight excluding hydrogens is 427 g/mol. The van der Waals surface area contributed by atoms with Crippen molar-refractivity contribution >= 4 is 45.7 Å². The Morgan fingerprint density at radius 3 is 2.29 bits per heavy atom. The van der Waals surface area contributed by atoms with E-state index in [-0.39, 0.29) is 5.91 Å². The van der Waals surface area contributed by atoms with Crippen LogP contribution in [0.5, 0.6) is 0 Å². The van der Waals surface area contributed by atoms with Gasteiger partial charge < -0.3 is 5.32 Å². The summed E-state index contributed by atoms with van der Waals surface area (Å²) in [5.74, 6) is -0.185. The number of rotatable bonds is 3. The van der Waals surface area contributed by atoms with Crippen LogP contribution in [0.3, 0.4) is 0 Å². The first-order valence-corrected chi connectivity index (χ1v) is 10.7. The third kappa shape index (κ3) is 4.30. The van der Waals surface area contributed by atoms with E-state index < -0.39 is 0 Å². The molecule has 3 aromatic carbocycles. The Hall–Kier alpha value is -2.88. The zero-order valence-corrected chi connectivity index (χ0v) is 19.3. The lowest BCUT2D eigenvalue weighted by Gasteiger charge is -2.15. The van der Waals surface area contributed by atoms with Gasteiger partial charge in [-0.25, -0.2) is 4.98 Å². The van der Waals surface area contributed by atoms with Crippen molar-refractivity contribution < 1.29 is 4.79 Å². The van der Waals surface area contributed by atoms with Gasteiger partial charge in [-0.15, -0.1) is 0 Å². The van der Waals surface area contributed by atoms with Crippen LogP contribution in [-0.4, -0.2) is 10.9 Å². The number of anilines is 1. The van der Waals surface area contributed by atoms with Crippen LogP contribution in [0.25, 0.3) is 22.2 Å². The lowest BCUT2D eigenvalue weighted by atomic mass is 9.99. The van der Waals surface area contributed by atoms with E-state index in [1.54, 1.807) is 18.2 Å². The molecule has 0 radical (unpaired) electrons. The van der Waals surface area contributed by atoms with E-state index >= 15 is 0 Å². The zero-order valence-electron chi connectivity index (χ0n) is 17.8. The summed E-state index contributed by atoms with van der Waals surface area (Å²) in [4.78, 5) is 18.3. The molecule has 0 aliphatic heterocycles. The maximum atomic E-state index is 13.4. The van der Waals surface area contributed by atoms with E-state index in [1.807, 2.05) is 58.0 Å². The minimum absolute atomic E-state index is 0.185. The smallest absolute Gasteiger partial charge is 0.256 e. The second-order valence-corrected chi connectivity index (χ2v) is 8.77. The van der Waals surface area contributed by atoms with E-state index in [4.69, 9.17) is 28.2 Å². The molecule has 0 unspecified atom stereocenters. The van der Waals surface area contributed by atoms with Crippen molar-refractivity contribution in [2.24, 2.45) is 0 Å². The van der Waals surface area contributed by atoms with Gasteiger partial charge in [0, 0.05) is 21.7 Å². The Morgan fingerprint density at radius 1 is 0.839 bits per heavy atom. The first-order chi connectivity index (χ1) is 14.7. The van der Waals surface area contributed by atoms with Crippen molar-refractivity contribution in [1.82, 2.24) is 4.98 Å². The quantitative estimate of drug-likeness (QED) is 0.348. The van der Waals surface area contributed by atoms with Gasteiger partial charge in [0.15, 0.2) is 0 Å². The van der Waals surface area contributed by atoms with Crippen molar-refractivity contribution in [3.05, 3.63) is 92.5 Å². The average Bonchev–Trinajstić information content (AvgIpc) is 2.69. The fraction of sp³-hybridized carbons (Fsp3) is 0.154. The number of aromatic nitrogens is 1. The van der Waals surface area contributed by atoms with Gasteiger partial charge in [-0.05, 0) is 75.2 Å². The van der Waals surface area contributed by atoms with Crippen LogP contribution in [0.15, 0.2) is 54.6 Å². The Balaban J connectivity index is 1.90. The first-order valence-electron chi connectivity index (χ1n) is 9.99. The maximum Gasteiger partial charge on any atom is 0.256 e. The van der Waals surface area contributed by atoms with Crippen molar-refractivity contribution in [3.63, 3.8) is 0 Å². The van der Waals surface area contributed by atoms with Crippen molar-refractivity contribution in [2.75, 3.05) is 5.32 Å². The number of benzene rings is 3. The van der Waals surface area contributed by atoms with Crippen molar-refractivity contribution in [1.29, 1.82) is 0 Å². The lowest BCUT2D eigenvalue weighted by molar-refractivity contribution is 0.102. The molecule has 5 heteroatoms. The number of hydrogen-bond acceptors (Lipinski definition) is 2. The normalized spacial score (nSPS) is 11.0. The maximum absolute atomic E-state index is 13.4. The molecule has 0 spiro atoms. The number of fused-ring (bicyclic) bond motifs is 1. The molecule has 0 fully saturated rings. The number of nitrogens with zero attached hydrogens (tertiary/aromatic N) is 1. The summed E-state index contributed by atoms with van der Waals surface area (Å²) in [5, 5.41) is 4.92. The van der Waals surface area contributed by atoms with Crippen LogP contribution in [0, 0.1) is 27.7 Å². The zero-order chi connectivity index (χ0) is 22.3. The second kappa shape index (κ2) is 8.33. The van der Waals surface area contributed by atoms with E-state index in [1.165, 1.54) is 0 Å². The summed E-state index contributed by atoms with van der Waals surface area (Å²) in [6.45, 7) is 8.03. The fourth-order valence-electron chi connectivity index (χ4n) is 3.85. The Labute approximate surface area is 192 Å². The summed E-state index contributed by atoms with van der Waals surface area (Å²) in [6, 6.07) is 17.1. The molecule has 1 aromatic heterocycles. The Bertz CT molecular complexity index is 1350. The molecule has 1 heterocycles. The molecule has 0 saturated heterocycles. The van der Waals surface area contributed by atoms with Crippen LogP contribution in [-0.2, 0) is 0 Å². The van der Waals surface area contributed by atoms with Gasteiger partial charge in [0.1, 0.15) is 0 Å². The molecule has 1 amide bonds. The van der Waals surface area contributed by atoms with Crippen LogP contribution >= 0.6 is 23.2 Å². The highest BCUT2D eigenvalue weighted by atomic mass is 35.5. The molecule has 0 atom stereocenters. The number of nitrogens with one attached hydrogen (secondary N) is 1. The van der Waals surface area contributed by atoms with Gasteiger partial charge in [0.05, 0.1) is 21.8 Å². The number of amides is 1. The summed E-state index contributed by atoms with van der Waals surface area (Å²) >= 11 is 12.5. The SMILES string of the molecule is Cc1ccc(NC(=O)c2cc(-c3ccc(Cl)cc3Cl)nc3c(C)cc(C)cc23)c(C)c1. The average molecular weight is 449 g/mol. The second-order valence-electron chi connectivity index (χ2n) is 7.93. The monoisotopic (exact) mass is 448 g/mol. The van der Waals surface area contributed by atoms with Gasteiger partial charge in [-0.2, -0.15) is 0 Å². The molecule has 4 aromatic rings. The van der Waals surface area contributed by atoms with E-state index in [0.29, 0.717) is 21.3 Å². The van der Waals surface area contributed by atoms with Crippen molar-refractivity contribution in [3.8, 4) is 11.3 Å². The predicted octanol–water partition coefficient (Wildman–Crippen LogP) is 7.69. The highest BCUT2D eigenvalue weighted by Crippen LogP contribution is 2.33. The van der Waals surface area contributed by atoms with Crippen LogP contribution in [0.1, 0.15) is 32.6 Å². The minimum Gasteiger partial charge on any atom is -0.322 e. The summed E-state index contributed by atoms with van der Waals surface area (Å²) in [7, 11) is 0. The van der Waals surface area contributed by atoms with Gasteiger partial charge in [-0.3, -0.25) is 4.79 Å².